The molecule has 2 aromatic rings. The quantitative estimate of drug-likeness (QED) is 0.455. The van der Waals surface area contributed by atoms with Crippen LogP contribution >= 0.6 is 0 Å². The molecule has 0 radical (unpaired) electrons. The standard InChI is InChI=1S/C24H26/c1-3-5-6-7-8-10-22-13-17-24(18-14-22)20-19-23-15-11-21(9-4-2)12-16-23/h11-18H,3,5-8,10H2,1-2H3. The highest BCUT2D eigenvalue weighted by Crippen LogP contribution is 2.10. The summed E-state index contributed by atoms with van der Waals surface area (Å²) >= 11 is 0. The van der Waals surface area contributed by atoms with E-state index in [1.807, 2.05) is 31.2 Å². The van der Waals surface area contributed by atoms with Gasteiger partial charge in [-0.25, -0.2) is 0 Å². The fourth-order valence-corrected chi connectivity index (χ4v) is 2.61. The SMILES string of the molecule is CC#Cc1ccc(C#Cc2ccc(CCCCCCC)cc2)cc1. The largest absolute Gasteiger partial charge is 0.101 e. The molecule has 0 aliphatic heterocycles. The molecule has 0 spiro atoms. The average molecular weight is 314 g/mol. The maximum atomic E-state index is 3.24. The van der Waals surface area contributed by atoms with E-state index in [2.05, 4.69) is 54.9 Å². The molecule has 0 heteroatoms. The van der Waals surface area contributed by atoms with Crippen LogP contribution in [0.3, 0.4) is 0 Å². The molecule has 0 fully saturated rings. The molecule has 0 nitrogen and oxygen atoms in total. The Labute approximate surface area is 147 Å². The molecule has 2 rings (SSSR count). The first-order valence-electron chi connectivity index (χ1n) is 8.95. The topological polar surface area (TPSA) is 0 Å². The van der Waals surface area contributed by atoms with Gasteiger partial charge in [0.2, 0.25) is 0 Å². The molecule has 0 aliphatic rings. The minimum atomic E-state index is 1.02. The van der Waals surface area contributed by atoms with Crippen molar-refractivity contribution in [3.63, 3.8) is 0 Å². The molecule has 0 unspecified atom stereocenters. The second-order valence-electron chi connectivity index (χ2n) is 6.06. The van der Waals surface area contributed by atoms with Crippen LogP contribution in [0.1, 0.15) is 68.2 Å². The summed E-state index contributed by atoms with van der Waals surface area (Å²) in [4.78, 5) is 0. The van der Waals surface area contributed by atoms with Crippen molar-refractivity contribution in [1.29, 1.82) is 0 Å². The third kappa shape index (κ3) is 6.36. The van der Waals surface area contributed by atoms with Crippen molar-refractivity contribution in [3.8, 4) is 23.7 Å². The van der Waals surface area contributed by atoms with Gasteiger partial charge in [-0.3, -0.25) is 0 Å². The number of hydrogen-bond donors (Lipinski definition) is 0. The molecule has 0 bridgehead atoms. The maximum Gasteiger partial charge on any atom is 0.0249 e. The average Bonchev–Trinajstić information content (AvgIpc) is 2.62. The Hall–Kier alpha value is -2.44. The summed E-state index contributed by atoms with van der Waals surface area (Å²) in [6.45, 7) is 4.11. The van der Waals surface area contributed by atoms with Crippen LogP contribution in [0.25, 0.3) is 0 Å². The normalized spacial score (nSPS) is 9.58. The van der Waals surface area contributed by atoms with Gasteiger partial charge in [-0.05, 0) is 61.7 Å². The van der Waals surface area contributed by atoms with E-state index in [1.54, 1.807) is 0 Å². The lowest BCUT2D eigenvalue weighted by Crippen LogP contribution is -1.86. The number of benzene rings is 2. The van der Waals surface area contributed by atoms with E-state index in [0.29, 0.717) is 0 Å². The molecule has 24 heavy (non-hydrogen) atoms. The van der Waals surface area contributed by atoms with Gasteiger partial charge in [-0.2, -0.15) is 0 Å². The third-order valence-electron chi connectivity index (χ3n) is 4.03. The highest BCUT2D eigenvalue weighted by atomic mass is 14.0. The van der Waals surface area contributed by atoms with Gasteiger partial charge in [0.15, 0.2) is 0 Å². The minimum absolute atomic E-state index is 1.02. The van der Waals surface area contributed by atoms with E-state index >= 15 is 0 Å². The zero-order chi connectivity index (χ0) is 17.0. The Morgan fingerprint density at radius 3 is 1.67 bits per heavy atom. The summed E-state index contributed by atoms with van der Waals surface area (Å²) in [5.74, 6) is 12.4. The van der Waals surface area contributed by atoms with Crippen molar-refractivity contribution < 1.29 is 0 Å². The Morgan fingerprint density at radius 2 is 1.12 bits per heavy atom. The zero-order valence-electron chi connectivity index (χ0n) is 14.9. The smallest absolute Gasteiger partial charge is 0.0249 e. The van der Waals surface area contributed by atoms with Crippen LogP contribution in [0, 0.1) is 23.7 Å². The number of unbranched alkanes of at least 4 members (excludes halogenated alkanes) is 4. The second kappa shape index (κ2) is 10.4. The second-order valence-corrected chi connectivity index (χ2v) is 6.06. The summed E-state index contributed by atoms with van der Waals surface area (Å²) in [7, 11) is 0. The van der Waals surface area contributed by atoms with Crippen molar-refractivity contribution in [1.82, 2.24) is 0 Å². The van der Waals surface area contributed by atoms with Gasteiger partial charge in [0.05, 0.1) is 0 Å². The molecule has 122 valence electrons. The fraction of sp³-hybridized carbons (Fsp3) is 0.333. The van der Waals surface area contributed by atoms with Gasteiger partial charge in [0.25, 0.3) is 0 Å². The molecule has 0 heterocycles. The predicted octanol–water partition coefficient (Wildman–Crippen LogP) is 5.97. The number of rotatable bonds is 6. The Bertz CT molecular complexity index is 725. The summed E-state index contributed by atoms with van der Waals surface area (Å²) in [5, 5.41) is 0. The highest BCUT2D eigenvalue weighted by Gasteiger charge is 1.95. The molecule has 0 N–H and O–H groups in total. The van der Waals surface area contributed by atoms with Crippen molar-refractivity contribution in [2.24, 2.45) is 0 Å². The molecule has 2 aromatic carbocycles. The van der Waals surface area contributed by atoms with E-state index in [9.17, 15) is 0 Å². The summed E-state index contributed by atoms with van der Waals surface area (Å²) in [5.41, 5.74) is 4.55. The predicted molar refractivity (Wildman–Crippen MR) is 104 cm³/mol. The molecule has 0 atom stereocenters. The van der Waals surface area contributed by atoms with Gasteiger partial charge < -0.3 is 0 Å². The van der Waals surface area contributed by atoms with E-state index in [0.717, 1.165) is 16.7 Å². The summed E-state index contributed by atoms with van der Waals surface area (Å²) < 4.78 is 0. The lowest BCUT2D eigenvalue weighted by Gasteiger charge is -2.01. The highest BCUT2D eigenvalue weighted by molar-refractivity contribution is 5.46. The van der Waals surface area contributed by atoms with Gasteiger partial charge in [0, 0.05) is 16.7 Å². The van der Waals surface area contributed by atoms with Crippen LogP contribution in [0.2, 0.25) is 0 Å². The fourth-order valence-electron chi connectivity index (χ4n) is 2.61. The molecular formula is C24H26. The lowest BCUT2D eigenvalue weighted by atomic mass is 10.0. The molecule has 0 saturated heterocycles. The molecule has 0 aliphatic carbocycles. The Kier molecular flexibility index (Phi) is 7.73. The van der Waals surface area contributed by atoms with Crippen LogP contribution in [0.5, 0.6) is 0 Å². The van der Waals surface area contributed by atoms with Gasteiger partial charge in [-0.15, -0.1) is 5.92 Å². The monoisotopic (exact) mass is 314 g/mol. The van der Waals surface area contributed by atoms with Crippen molar-refractivity contribution in [2.45, 2.75) is 52.4 Å². The summed E-state index contributed by atoms with van der Waals surface area (Å²) in [6, 6.07) is 16.8. The minimum Gasteiger partial charge on any atom is -0.101 e. The molecular weight excluding hydrogens is 288 g/mol. The van der Waals surface area contributed by atoms with Crippen LogP contribution in [0.15, 0.2) is 48.5 Å². The first kappa shape index (κ1) is 17.9. The van der Waals surface area contributed by atoms with Gasteiger partial charge in [-0.1, -0.05) is 62.5 Å². The maximum absolute atomic E-state index is 3.24. The Balaban J connectivity index is 1.88. The lowest BCUT2D eigenvalue weighted by molar-refractivity contribution is 0.632. The molecule has 0 aromatic heterocycles. The third-order valence-corrected chi connectivity index (χ3v) is 4.03. The van der Waals surface area contributed by atoms with Crippen LogP contribution in [-0.2, 0) is 6.42 Å². The molecule has 0 saturated carbocycles. The van der Waals surface area contributed by atoms with E-state index in [1.165, 1.54) is 44.1 Å². The number of hydrogen-bond acceptors (Lipinski definition) is 0. The van der Waals surface area contributed by atoms with E-state index in [4.69, 9.17) is 0 Å². The van der Waals surface area contributed by atoms with Crippen LogP contribution in [-0.4, -0.2) is 0 Å². The van der Waals surface area contributed by atoms with Gasteiger partial charge in [0.1, 0.15) is 0 Å². The van der Waals surface area contributed by atoms with E-state index < -0.39 is 0 Å². The van der Waals surface area contributed by atoms with Gasteiger partial charge >= 0.3 is 0 Å². The van der Waals surface area contributed by atoms with E-state index in [-0.39, 0.29) is 0 Å². The van der Waals surface area contributed by atoms with Crippen molar-refractivity contribution in [3.05, 3.63) is 70.8 Å². The van der Waals surface area contributed by atoms with Crippen LogP contribution < -0.4 is 0 Å². The van der Waals surface area contributed by atoms with Crippen molar-refractivity contribution in [2.75, 3.05) is 0 Å². The Morgan fingerprint density at radius 1 is 0.625 bits per heavy atom. The first-order chi connectivity index (χ1) is 11.8. The summed E-state index contributed by atoms with van der Waals surface area (Å²) in [6.07, 6.45) is 7.84. The van der Waals surface area contributed by atoms with Crippen molar-refractivity contribution >= 4 is 0 Å². The molecule has 0 amide bonds. The first-order valence-corrected chi connectivity index (χ1v) is 8.95. The van der Waals surface area contributed by atoms with Crippen LogP contribution in [0.4, 0.5) is 0 Å². The number of aryl methyl sites for hydroxylation is 1. The zero-order valence-corrected chi connectivity index (χ0v) is 14.9.